The zero-order valence-corrected chi connectivity index (χ0v) is 20.7. The van der Waals surface area contributed by atoms with E-state index in [0.29, 0.717) is 35.9 Å². The predicted octanol–water partition coefficient (Wildman–Crippen LogP) is 4.19. The Morgan fingerprint density at radius 1 is 1.34 bits per heavy atom. The Labute approximate surface area is 207 Å². The molecule has 1 atom stereocenters. The summed E-state index contributed by atoms with van der Waals surface area (Å²) < 4.78 is 12.6. The minimum Gasteiger partial charge on any atom is -0.496 e. The molecule has 0 saturated carbocycles. The number of aryl methyl sites for hydroxylation is 1. The smallest absolute Gasteiger partial charge is 0.410 e. The van der Waals surface area contributed by atoms with E-state index in [4.69, 9.17) is 9.47 Å². The molecule has 0 fully saturated rings. The maximum absolute atomic E-state index is 12.8. The number of nitriles is 1. The first kappa shape index (κ1) is 24.3. The van der Waals surface area contributed by atoms with Crippen molar-refractivity contribution in [2.75, 3.05) is 19.0 Å². The van der Waals surface area contributed by atoms with Crippen LogP contribution in [0.25, 0.3) is 0 Å². The number of carbonyl (C=O) groups is 2. The number of rotatable bonds is 7. The second kappa shape index (κ2) is 10.6. The topological polar surface area (TPSA) is 109 Å². The van der Waals surface area contributed by atoms with E-state index in [1.165, 1.54) is 11.3 Å². The largest absolute Gasteiger partial charge is 0.496 e. The lowest BCUT2D eigenvalue weighted by atomic mass is 9.96. The molecule has 3 heterocycles. The van der Waals surface area contributed by atoms with Gasteiger partial charge < -0.3 is 24.3 Å². The van der Waals surface area contributed by atoms with E-state index in [0.717, 1.165) is 21.8 Å². The number of amides is 2. The zero-order chi connectivity index (χ0) is 24.9. The van der Waals surface area contributed by atoms with Crippen LogP contribution in [0.2, 0.25) is 0 Å². The number of hydrogen-bond donors (Lipinski definition) is 1. The van der Waals surface area contributed by atoms with Gasteiger partial charge in [0.2, 0.25) is 5.91 Å². The van der Waals surface area contributed by atoms with E-state index < -0.39 is 6.09 Å². The summed E-state index contributed by atoms with van der Waals surface area (Å²) in [5.74, 6) is 1.17. The summed E-state index contributed by atoms with van der Waals surface area (Å²) >= 11 is 1.34. The number of ether oxygens (including phenoxy) is 2. The molecule has 10 heteroatoms. The molecule has 0 unspecified atom stereocenters. The molecule has 0 radical (unpaired) electrons. The highest BCUT2D eigenvalue weighted by Gasteiger charge is 2.28. The van der Waals surface area contributed by atoms with E-state index in [2.05, 4.69) is 16.4 Å². The Morgan fingerprint density at radius 3 is 2.86 bits per heavy atom. The third-order valence-electron chi connectivity index (χ3n) is 6.09. The van der Waals surface area contributed by atoms with Gasteiger partial charge in [-0.2, -0.15) is 5.26 Å². The minimum atomic E-state index is -0.429. The van der Waals surface area contributed by atoms with Crippen molar-refractivity contribution in [1.29, 1.82) is 5.26 Å². The fourth-order valence-corrected chi connectivity index (χ4v) is 5.39. The third-order valence-corrected chi connectivity index (χ3v) is 7.22. The van der Waals surface area contributed by atoms with Crippen molar-refractivity contribution in [3.05, 3.63) is 64.1 Å². The molecule has 3 aromatic rings. The normalized spacial score (nSPS) is 13.5. The first-order valence-electron chi connectivity index (χ1n) is 11.3. The maximum atomic E-state index is 12.8. The molecule has 2 amide bonds. The maximum Gasteiger partial charge on any atom is 0.410 e. The number of benzene rings is 1. The van der Waals surface area contributed by atoms with Gasteiger partial charge in [0.1, 0.15) is 22.6 Å². The molecule has 1 aliphatic heterocycles. The molecule has 0 saturated heterocycles. The van der Waals surface area contributed by atoms with Crippen molar-refractivity contribution in [3.8, 4) is 11.8 Å². The lowest BCUT2D eigenvalue weighted by molar-refractivity contribution is -0.116. The minimum absolute atomic E-state index is 0.0600. The van der Waals surface area contributed by atoms with Gasteiger partial charge in [-0.05, 0) is 29.5 Å². The van der Waals surface area contributed by atoms with Gasteiger partial charge in [-0.15, -0.1) is 11.3 Å². The zero-order valence-electron chi connectivity index (χ0n) is 19.9. The Balaban J connectivity index is 1.40. The SMILES string of the molecule is COc1ccccc1[C@@H](C)CC(=O)Nc1sc2c(c1C#N)CCN(C(=O)OCc1nccn1C)C2. The molecule has 0 aliphatic carbocycles. The summed E-state index contributed by atoms with van der Waals surface area (Å²) in [5, 5.41) is 13.2. The molecular weight excluding hydrogens is 466 g/mol. The fourth-order valence-electron chi connectivity index (χ4n) is 4.16. The highest BCUT2D eigenvalue weighted by atomic mass is 32.1. The van der Waals surface area contributed by atoms with Crippen LogP contribution in [-0.4, -0.2) is 40.1 Å². The van der Waals surface area contributed by atoms with Crippen molar-refractivity contribution < 1.29 is 19.1 Å². The van der Waals surface area contributed by atoms with E-state index in [1.807, 2.05) is 38.2 Å². The van der Waals surface area contributed by atoms with Crippen LogP contribution >= 0.6 is 11.3 Å². The number of para-hydroxylation sites is 1. The summed E-state index contributed by atoms with van der Waals surface area (Å²) in [6, 6.07) is 9.86. The summed E-state index contributed by atoms with van der Waals surface area (Å²) in [6.07, 6.45) is 3.79. The van der Waals surface area contributed by atoms with Crippen LogP contribution in [-0.2, 0) is 36.2 Å². The monoisotopic (exact) mass is 493 g/mol. The number of nitrogens with zero attached hydrogens (tertiary/aromatic N) is 4. The number of anilines is 1. The quantitative estimate of drug-likeness (QED) is 0.529. The summed E-state index contributed by atoms with van der Waals surface area (Å²) in [4.78, 5) is 32.1. The Morgan fingerprint density at radius 2 is 2.14 bits per heavy atom. The number of nitrogens with one attached hydrogen (secondary N) is 1. The molecule has 0 spiro atoms. The van der Waals surface area contributed by atoms with Gasteiger partial charge in [0.15, 0.2) is 6.61 Å². The number of thiophene rings is 1. The predicted molar refractivity (Wildman–Crippen MR) is 131 cm³/mol. The Kier molecular flexibility index (Phi) is 7.36. The first-order chi connectivity index (χ1) is 16.9. The van der Waals surface area contributed by atoms with Crippen LogP contribution < -0.4 is 10.1 Å². The van der Waals surface area contributed by atoms with Crippen molar-refractivity contribution in [3.63, 3.8) is 0 Å². The number of carbonyl (C=O) groups excluding carboxylic acids is 2. The number of methoxy groups -OCH3 is 1. The van der Waals surface area contributed by atoms with Crippen molar-refractivity contribution in [2.45, 2.75) is 38.8 Å². The van der Waals surface area contributed by atoms with Gasteiger partial charge >= 0.3 is 6.09 Å². The van der Waals surface area contributed by atoms with Gasteiger partial charge in [-0.25, -0.2) is 9.78 Å². The summed E-state index contributed by atoms with van der Waals surface area (Å²) in [5.41, 5.74) is 2.32. The van der Waals surface area contributed by atoms with E-state index >= 15 is 0 Å². The van der Waals surface area contributed by atoms with Crippen LogP contribution in [0.1, 0.15) is 46.7 Å². The van der Waals surface area contributed by atoms with Gasteiger partial charge in [0.25, 0.3) is 0 Å². The van der Waals surface area contributed by atoms with Crippen molar-refractivity contribution in [2.24, 2.45) is 7.05 Å². The fraction of sp³-hybridized carbons (Fsp3) is 0.360. The number of hydrogen-bond acceptors (Lipinski definition) is 7. The average molecular weight is 494 g/mol. The molecule has 9 nitrogen and oxygen atoms in total. The van der Waals surface area contributed by atoms with E-state index in [1.54, 1.807) is 29.0 Å². The average Bonchev–Trinajstić information content (AvgIpc) is 3.43. The van der Waals surface area contributed by atoms with Crippen LogP contribution in [0.3, 0.4) is 0 Å². The number of fused-ring (bicyclic) bond motifs is 1. The number of aromatic nitrogens is 2. The van der Waals surface area contributed by atoms with Gasteiger partial charge in [0.05, 0.1) is 19.2 Å². The highest BCUT2D eigenvalue weighted by Crippen LogP contribution is 2.37. The Bertz CT molecular complexity index is 1280. The van der Waals surface area contributed by atoms with Crippen molar-refractivity contribution in [1.82, 2.24) is 14.5 Å². The molecule has 1 aliphatic rings. The number of imidazole rings is 1. The first-order valence-corrected chi connectivity index (χ1v) is 12.1. The molecular formula is C25H27N5O4S. The van der Waals surface area contributed by atoms with E-state index in [-0.39, 0.29) is 24.9 Å². The highest BCUT2D eigenvalue weighted by molar-refractivity contribution is 7.16. The molecule has 1 N–H and O–H groups in total. The third kappa shape index (κ3) is 5.30. The molecule has 1 aromatic carbocycles. The van der Waals surface area contributed by atoms with Crippen LogP contribution in [0.15, 0.2) is 36.7 Å². The molecule has 4 rings (SSSR count). The van der Waals surface area contributed by atoms with Gasteiger partial charge in [-0.1, -0.05) is 25.1 Å². The molecule has 182 valence electrons. The van der Waals surface area contributed by atoms with Gasteiger partial charge in [0, 0.05) is 37.3 Å². The molecule has 0 bridgehead atoms. The van der Waals surface area contributed by atoms with Gasteiger partial charge in [-0.3, -0.25) is 4.79 Å². The standard InChI is InChI=1S/C25H27N5O4S/c1-16(17-6-4-5-7-20(17)33-3)12-23(31)28-24-19(13-26)18-8-10-30(14-21(18)35-24)25(32)34-15-22-27-9-11-29(22)2/h4-7,9,11,16H,8,10,12,14-15H2,1-3H3,(H,28,31)/t16-/m0/s1. The molecule has 35 heavy (non-hydrogen) atoms. The summed E-state index contributed by atoms with van der Waals surface area (Å²) in [7, 11) is 3.45. The lowest BCUT2D eigenvalue weighted by Crippen LogP contribution is -2.36. The van der Waals surface area contributed by atoms with Crippen LogP contribution in [0.4, 0.5) is 9.80 Å². The second-order valence-corrected chi connectivity index (χ2v) is 9.50. The van der Waals surface area contributed by atoms with Crippen LogP contribution in [0.5, 0.6) is 5.75 Å². The Hall–Kier alpha value is -3.84. The lowest BCUT2D eigenvalue weighted by Gasteiger charge is -2.26. The van der Waals surface area contributed by atoms with Crippen molar-refractivity contribution >= 4 is 28.3 Å². The second-order valence-electron chi connectivity index (χ2n) is 8.40. The van der Waals surface area contributed by atoms with Crippen LogP contribution in [0, 0.1) is 11.3 Å². The summed E-state index contributed by atoms with van der Waals surface area (Å²) in [6.45, 7) is 2.83. The molecule has 2 aromatic heterocycles. The van der Waals surface area contributed by atoms with E-state index in [9.17, 15) is 14.9 Å².